The first kappa shape index (κ1) is 19.4. The van der Waals surface area contributed by atoms with Crippen LogP contribution in [0.1, 0.15) is 23.2 Å². The van der Waals surface area contributed by atoms with Crippen molar-refractivity contribution in [2.75, 3.05) is 19.7 Å². The summed E-state index contributed by atoms with van der Waals surface area (Å²) in [4.78, 5) is 37.2. The molecule has 2 aromatic carbocycles. The molecule has 146 valence electrons. The van der Waals surface area contributed by atoms with Crippen molar-refractivity contribution in [3.63, 3.8) is 0 Å². The molecule has 3 rings (SSSR count). The molecule has 1 aliphatic heterocycles. The van der Waals surface area contributed by atoms with Crippen molar-refractivity contribution in [1.82, 2.24) is 4.90 Å². The van der Waals surface area contributed by atoms with E-state index in [1.165, 1.54) is 4.90 Å². The molecular formula is C21H22N2O5. The van der Waals surface area contributed by atoms with E-state index in [-0.39, 0.29) is 25.0 Å². The maximum absolute atomic E-state index is 12.2. The van der Waals surface area contributed by atoms with E-state index in [9.17, 15) is 14.4 Å². The van der Waals surface area contributed by atoms with Gasteiger partial charge in [0.2, 0.25) is 5.91 Å². The Bertz CT molecular complexity index is 836. The van der Waals surface area contributed by atoms with Gasteiger partial charge in [0.1, 0.15) is 11.5 Å². The predicted octanol–water partition coefficient (Wildman–Crippen LogP) is 2.36. The van der Waals surface area contributed by atoms with Crippen LogP contribution in [0.3, 0.4) is 0 Å². The standard InChI is InChI=1S/C21H22N2O5/c22-20(25)16-5-4-12-23(13-16)19(24)14-27-21(26)15-8-10-18(11-9-15)28-17-6-2-1-3-7-17/h1-3,6-11,16H,4-5,12-14H2,(H2,22,25)/t16-/m1/s1. The number of ether oxygens (including phenoxy) is 2. The van der Waals surface area contributed by atoms with Gasteiger partial charge >= 0.3 is 5.97 Å². The summed E-state index contributed by atoms with van der Waals surface area (Å²) in [6.07, 6.45) is 1.38. The molecular weight excluding hydrogens is 360 g/mol. The SMILES string of the molecule is NC(=O)[C@@H]1CCCN(C(=O)COC(=O)c2ccc(Oc3ccccc3)cc2)C1. The summed E-state index contributed by atoms with van der Waals surface area (Å²) in [5.74, 6) is -0.395. The average Bonchev–Trinajstić information content (AvgIpc) is 2.73. The topological polar surface area (TPSA) is 98.9 Å². The number of nitrogens with two attached hydrogens (primary N) is 1. The number of carbonyl (C=O) groups is 3. The molecule has 7 heteroatoms. The van der Waals surface area contributed by atoms with Gasteiger partial charge in [-0.3, -0.25) is 9.59 Å². The quantitative estimate of drug-likeness (QED) is 0.773. The van der Waals surface area contributed by atoms with Gasteiger partial charge in [0.15, 0.2) is 6.61 Å². The van der Waals surface area contributed by atoms with E-state index in [1.807, 2.05) is 30.3 Å². The third-order valence-electron chi connectivity index (χ3n) is 4.57. The third kappa shape index (κ3) is 5.09. The zero-order valence-corrected chi connectivity index (χ0v) is 15.4. The summed E-state index contributed by atoms with van der Waals surface area (Å²) < 4.78 is 10.8. The summed E-state index contributed by atoms with van der Waals surface area (Å²) in [7, 11) is 0. The molecule has 0 spiro atoms. The van der Waals surface area contributed by atoms with Crippen LogP contribution in [-0.2, 0) is 14.3 Å². The Morgan fingerprint density at radius 2 is 1.68 bits per heavy atom. The number of piperidine rings is 1. The van der Waals surface area contributed by atoms with Crippen molar-refractivity contribution in [2.45, 2.75) is 12.8 Å². The summed E-state index contributed by atoms with van der Waals surface area (Å²) >= 11 is 0. The van der Waals surface area contributed by atoms with Crippen LogP contribution < -0.4 is 10.5 Å². The molecule has 28 heavy (non-hydrogen) atoms. The van der Waals surface area contributed by atoms with Crippen LogP contribution >= 0.6 is 0 Å². The van der Waals surface area contributed by atoms with E-state index < -0.39 is 11.9 Å². The molecule has 0 aliphatic carbocycles. The number of amides is 2. The fourth-order valence-corrected chi connectivity index (χ4v) is 3.02. The van der Waals surface area contributed by atoms with Gasteiger partial charge in [0.25, 0.3) is 5.91 Å². The molecule has 1 fully saturated rings. The van der Waals surface area contributed by atoms with Gasteiger partial charge in [-0.25, -0.2) is 4.79 Å². The molecule has 2 amide bonds. The minimum Gasteiger partial charge on any atom is -0.457 e. The van der Waals surface area contributed by atoms with Gasteiger partial charge in [-0.15, -0.1) is 0 Å². The highest BCUT2D eigenvalue weighted by atomic mass is 16.5. The highest BCUT2D eigenvalue weighted by Gasteiger charge is 2.27. The molecule has 1 aliphatic rings. The van der Waals surface area contributed by atoms with Crippen molar-refractivity contribution < 1.29 is 23.9 Å². The van der Waals surface area contributed by atoms with Gasteiger partial charge in [0, 0.05) is 13.1 Å². The largest absolute Gasteiger partial charge is 0.457 e. The van der Waals surface area contributed by atoms with Gasteiger partial charge in [-0.2, -0.15) is 0 Å². The zero-order valence-electron chi connectivity index (χ0n) is 15.4. The van der Waals surface area contributed by atoms with Crippen molar-refractivity contribution in [3.8, 4) is 11.5 Å². The lowest BCUT2D eigenvalue weighted by Gasteiger charge is -2.31. The first-order valence-corrected chi connectivity index (χ1v) is 9.10. The third-order valence-corrected chi connectivity index (χ3v) is 4.57. The van der Waals surface area contributed by atoms with Gasteiger partial charge in [0.05, 0.1) is 11.5 Å². The Labute approximate surface area is 163 Å². The minimum atomic E-state index is -0.594. The van der Waals surface area contributed by atoms with Crippen molar-refractivity contribution in [2.24, 2.45) is 11.7 Å². The predicted molar refractivity (Wildman–Crippen MR) is 102 cm³/mol. The Morgan fingerprint density at radius 1 is 1.00 bits per heavy atom. The lowest BCUT2D eigenvalue weighted by atomic mass is 9.97. The highest BCUT2D eigenvalue weighted by Crippen LogP contribution is 2.21. The van der Waals surface area contributed by atoms with Gasteiger partial charge in [-0.1, -0.05) is 18.2 Å². The Hall–Kier alpha value is -3.35. The number of benzene rings is 2. The number of hydrogen-bond donors (Lipinski definition) is 1. The van der Waals surface area contributed by atoms with Crippen LogP contribution in [0.5, 0.6) is 11.5 Å². The molecule has 1 atom stereocenters. The Balaban J connectivity index is 1.50. The van der Waals surface area contributed by atoms with Crippen LogP contribution in [0, 0.1) is 5.92 Å². The van der Waals surface area contributed by atoms with E-state index >= 15 is 0 Å². The molecule has 1 saturated heterocycles. The fourth-order valence-electron chi connectivity index (χ4n) is 3.02. The van der Waals surface area contributed by atoms with E-state index in [1.54, 1.807) is 24.3 Å². The molecule has 0 bridgehead atoms. The van der Waals surface area contributed by atoms with E-state index in [4.69, 9.17) is 15.2 Å². The van der Waals surface area contributed by atoms with Crippen LogP contribution in [0.4, 0.5) is 0 Å². The Morgan fingerprint density at radius 3 is 2.36 bits per heavy atom. The second-order valence-electron chi connectivity index (χ2n) is 6.60. The zero-order chi connectivity index (χ0) is 19.9. The summed E-state index contributed by atoms with van der Waals surface area (Å²) in [5, 5.41) is 0. The van der Waals surface area contributed by atoms with Crippen molar-refractivity contribution >= 4 is 17.8 Å². The number of esters is 1. The maximum Gasteiger partial charge on any atom is 0.338 e. The van der Waals surface area contributed by atoms with E-state index in [0.29, 0.717) is 36.4 Å². The second-order valence-corrected chi connectivity index (χ2v) is 6.60. The van der Waals surface area contributed by atoms with Crippen LogP contribution in [0.15, 0.2) is 54.6 Å². The molecule has 0 aromatic heterocycles. The first-order chi connectivity index (χ1) is 13.5. The van der Waals surface area contributed by atoms with E-state index in [2.05, 4.69) is 0 Å². The van der Waals surface area contributed by atoms with Gasteiger partial charge < -0.3 is 20.1 Å². The lowest BCUT2D eigenvalue weighted by molar-refractivity contribution is -0.137. The van der Waals surface area contributed by atoms with Crippen LogP contribution in [0.25, 0.3) is 0 Å². The number of likely N-dealkylation sites (tertiary alicyclic amines) is 1. The van der Waals surface area contributed by atoms with E-state index in [0.717, 1.165) is 0 Å². The number of primary amides is 1. The molecule has 1 heterocycles. The smallest absolute Gasteiger partial charge is 0.338 e. The van der Waals surface area contributed by atoms with Crippen LogP contribution in [-0.4, -0.2) is 42.4 Å². The van der Waals surface area contributed by atoms with Gasteiger partial charge in [-0.05, 0) is 49.2 Å². The number of nitrogens with zero attached hydrogens (tertiary/aromatic N) is 1. The monoisotopic (exact) mass is 382 g/mol. The number of rotatable bonds is 6. The molecule has 7 nitrogen and oxygen atoms in total. The molecule has 0 radical (unpaired) electrons. The normalized spacial score (nSPS) is 16.3. The summed E-state index contributed by atoms with van der Waals surface area (Å²) in [6, 6.07) is 15.8. The molecule has 0 saturated carbocycles. The summed E-state index contributed by atoms with van der Waals surface area (Å²) in [5.41, 5.74) is 5.64. The molecule has 2 aromatic rings. The number of hydrogen-bond acceptors (Lipinski definition) is 5. The molecule has 0 unspecified atom stereocenters. The minimum absolute atomic E-state index is 0.275. The van der Waals surface area contributed by atoms with Crippen molar-refractivity contribution in [1.29, 1.82) is 0 Å². The Kier molecular flexibility index (Phi) is 6.26. The molecule has 2 N–H and O–H groups in total. The average molecular weight is 382 g/mol. The highest BCUT2D eigenvalue weighted by molar-refractivity contribution is 5.91. The van der Waals surface area contributed by atoms with Crippen LogP contribution in [0.2, 0.25) is 0 Å². The summed E-state index contributed by atoms with van der Waals surface area (Å²) in [6.45, 7) is 0.440. The second kappa shape index (κ2) is 9.03. The number of carbonyl (C=O) groups excluding carboxylic acids is 3. The first-order valence-electron chi connectivity index (χ1n) is 9.10. The maximum atomic E-state index is 12.2. The number of para-hydroxylation sites is 1. The van der Waals surface area contributed by atoms with Crippen molar-refractivity contribution in [3.05, 3.63) is 60.2 Å². The lowest BCUT2D eigenvalue weighted by Crippen LogP contribution is -2.45. The fraction of sp³-hybridized carbons (Fsp3) is 0.286.